The van der Waals surface area contributed by atoms with Gasteiger partial charge < -0.3 is 10.2 Å². The second-order valence-electron chi connectivity index (χ2n) is 5.51. The highest BCUT2D eigenvalue weighted by Crippen LogP contribution is 2.19. The van der Waals surface area contributed by atoms with Crippen molar-refractivity contribution in [3.63, 3.8) is 0 Å². The van der Waals surface area contributed by atoms with Crippen molar-refractivity contribution in [3.8, 4) is 0 Å². The highest BCUT2D eigenvalue weighted by Gasteiger charge is 2.05. The quantitative estimate of drug-likeness (QED) is 0.717. The fraction of sp³-hybridized carbons (Fsp3) is 0.368. The summed E-state index contributed by atoms with van der Waals surface area (Å²) in [5, 5.41) is 3.97. The Morgan fingerprint density at radius 1 is 0.955 bits per heavy atom. The zero-order valence-corrected chi connectivity index (χ0v) is 14.2. The average molecular weight is 317 g/mol. The Hall–Kier alpha value is -1.67. The molecule has 0 aliphatic carbocycles. The Balaban J connectivity index is 1.91. The second kappa shape index (κ2) is 8.70. The van der Waals surface area contributed by atoms with Gasteiger partial charge in [0.25, 0.3) is 0 Å². The minimum atomic E-state index is 0.806. The highest BCUT2D eigenvalue weighted by atomic mass is 35.5. The van der Waals surface area contributed by atoms with Crippen molar-refractivity contribution < 1.29 is 0 Å². The smallest absolute Gasteiger partial charge is 0.0406 e. The monoisotopic (exact) mass is 316 g/mol. The summed E-state index contributed by atoms with van der Waals surface area (Å²) in [5.74, 6) is 0. The van der Waals surface area contributed by atoms with Crippen LogP contribution < -0.4 is 10.2 Å². The molecule has 2 aromatic rings. The first kappa shape index (κ1) is 16.7. The molecule has 0 saturated carbocycles. The van der Waals surface area contributed by atoms with Gasteiger partial charge >= 0.3 is 0 Å². The van der Waals surface area contributed by atoms with E-state index >= 15 is 0 Å². The number of anilines is 2. The van der Waals surface area contributed by atoms with Crippen LogP contribution in [0, 0.1) is 0 Å². The Bertz CT molecular complexity index is 549. The maximum Gasteiger partial charge on any atom is 0.0406 e. The summed E-state index contributed by atoms with van der Waals surface area (Å²) in [6, 6.07) is 16.8. The molecule has 22 heavy (non-hydrogen) atoms. The van der Waals surface area contributed by atoms with Gasteiger partial charge in [0.15, 0.2) is 0 Å². The van der Waals surface area contributed by atoms with Gasteiger partial charge in [-0.05, 0) is 61.2 Å². The molecule has 2 rings (SSSR count). The Kier molecular flexibility index (Phi) is 6.60. The molecule has 0 aliphatic rings. The van der Waals surface area contributed by atoms with Gasteiger partial charge in [-0.25, -0.2) is 0 Å². The first-order chi connectivity index (χ1) is 10.7. The lowest BCUT2D eigenvalue weighted by molar-refractivity contribution is 0.714. The molecule has 0 bridgehead atoms. The van der Waals surface area contributed by atoms with E-state index in [9.17, 15) is 0 Å². The molecule has 0 heterocycles. The summed E-state index contributed by atoms with van der Waals surface area (Å²) in [7, 11) is 1.95. The molecule has 0 radical (unpaired) electrons. The van der Waals surface area contributed by atoms with Crippen molar-refractivity contribution in [1.29, 1.82) is 0 Å². The molecule has 0 spiro atoms. The summed E-state index contributed by atoms with van der Waals surface area (Å²) >= 11 is 5.93. The SMILES string of the molecule is CCCN(CCCc1ccc(Cl)cc1)c1ccc(NC)cc1. The summed E-state index contributed by atoms with van der Waals surface area (Å²) in [6.45, 7) is 4.41. The zero-order valence-electron chi connectivity index (χ0n) is 13.5. The van der Waals surface area contributed by atoms with Crippen molar-refractivity contribution >= 4 is 23.0 Å². The van der Waals surface area contributed by atoms with E-state index in [0.717, 1.165) is 43.1 Å². The van der Waals surface area contributed by atoms with Crippen LogP contribution in [0.3, 0.4) is 0 Å². The van der Waals surface area contributed by atoms with Gasteiger partial charge in [-0.3, -0.25) is 0 Å². The van der Waals surface area contributed by atoms with E-state index in [-0.39, 0.29) is 0 Å². The molecule has 0 amide bonds. The van der Waals surface area contributed by atoms with E-state index in [2.05, 4.69) is 53.5 Å². The topological polar surface area (TPSA) is 15.3 Å². The molecule has 2 aromatic carbocycles. The van der Waals surface area contributed by atoms with Crippen LogP contribution in [0.2, 0.25) is 5.02 Å². The number of hydrogen-bond donors (Lipinski definition) is 1. The second-order valence-corrected chi connectivity index (χ2v) is 5.95. The molecule has 2 nitrogen and oxygen atoms in total. The normalized spacial score (nSPS) is 10.5. The third-order valence-corrected chi connectivity index (χ3v) is 4.07. The van der Waals surface area contributed by atoms with Crippen LogP contribution in [0.4, 0.5) is 11.4 Å². The summed E-state index contributed by atoms with van der Waals surface area (Å²) in [5.41, 5.74) is 3.81. The molecular formula is C19H25ClN2. The van der Waals surface area contributed by atoms with Crippen LogP contribution in [-0.2, 0) is 6.42 Å². The first-order valence-corrected chi connectivity index (χ1v) is 8.38. The van der Waals surface area contributed by atoms with E-state index in [1.165, 1.54) is 11.3 Å². The molecule has 0 atom stereocenters. The predicted octanol–water partition coefficient (Wildman–Crippen LogP) is 5.23. The van der Waals surface area contributed by atoms with Crippen LogP contribution >= 0.6 is 11.6 Å². The molecule has 1 N–H and O–H groups in total. The van der Waals surface area contributed by atoms with Gasteiger partial charge in [0.1, 0.15) is 0 Å². The van der Waals surface area contributed by atoms with E-state index in [0.29, 0.717) is 0 Å². The van der Waals surface area contributed by atoms with Gasteiger partial charge in [0.05, 0.1) is 0 Å². The molecule has 0 saturated heterocycles. The van der Waals surface area contributed by atoms with Crippen molar-refractivity contribution in [2.24, 2.45) is 0 Å². The fourth-order valence-corrected chi connectivity index (χ4v) is 2.73. The third-order valence-electron chi connectivity index (χ3n) is 3.82. The van der Waals surface area contributed by atoms with Crippen LogP contribution in [0.5, 0.6) is 0 Å². The highest BCUT2D eigenvalue weighted by molar-refractivity contribution is 6.30. The van der Waals surface area contributed by atoms with Crippen LogP contribution in [0.25, 0.3) is 0 Å². The third kappa shape index (κ3) is 4.96. The number of rotatable bonds is 8. The molecular weight excluding hydrogens is 292 g/mol. The van der Waals surface area contributed by atoms with E-state index in [4.69, 9.17) is 11.6 Å². The molecule has 0 unspecified atom stereocenters. The molecule has 0 aliphatic heterocycles. The number of nitrogens with one attached hydrogen (secondary N) is 1. The van der Waals surface area contributed by atoms with Crippen LogP contribution in [-0.4, -0.2) is 20.1 Å². The number of hydrogen-bond acceptors (Lipinski definition) is 2. The van der Waals surface area contributed by atoms with E-state index < -0.39 is 0 Å². The van der Waals surface area contributed by atoms with Gasteiger partial charge in [-0.15, -0.1) is 0 Å². The van der Waals surface area contributed by atoms with Crippen LogP contribution in [0.1, 0.15) is 25.3 Å². The van der Waals surface area contributed by atoms with E-state index in [1.807, 2.05) is 19.2 Å². The number of halogens is 1. The molecule has 0 aromatic heterocycles. The maximum atomic E-state index is 5.93. The van der Waals surface area contributed by atoms with Gasteiger partial charge in [-0.1, -0.05) is 30.7 Å². The Morgan fingerprint density at radius 3 is 2.23 bits per heavy atom. The minimum absolute atomic E-state index is 0.806. The zero-order chi connectivity index (χ0) is 15.8. The summed E-state index contributed by atoms with van der Waals surface area (Å²) in [4.78, 5) is 2.47. The molecule has 3 heteroatoms. The Morgan fingerprint density at radius 2 is 1.64 bits per heavy atom. The number of aryl methyl sites for hydroxylation is 1. The van der Waals surface area contributed by atoms with Crippen molar-refractivity contribution in [2.45, 2.75) is 26.2 Å². The standard InChI is InChI=1S/C19H25ClN2/c1-3-14-22(19-12-10-18(21-2)11-13-19)15-4-5-16-6-8-17(20)9-7-16/h6-13,21H,3-5,14-15H2,1-2H3. The summed E-state index contributed by atoms with van der Waals surface area (Å²) < 4.78 is 0. The lowest BCUT2D eigenvalue weighted by Gasteiger charge is -2.24. The lowest BCUT2D eigenvalue weighted by Crippen LogP contribution is -2.25. The van der Waals surface area contributed by atoms with Gasteiger partial charge in [0, 0.05) is 36.5 Å². The Labute approximate surface area is 139 Å². The number of benzene rings is 2. The average Bonchev–Trinajstić information content (AvgIpc) is 2.56. The van der Waals surface area contributed by atoms with Crippen molar-refractivity contribution in [3.05, 3.63) is 59.1 Å². The van der Waals surface area contributed by atoms with Gasteiger partial charge in [-0.2, -0.15) is 0 Å². The molecule has 118 valence electrons. The number of nitrogens with zero attached hydrogens (tertiary/aromatic N) is 1. The van der Waals surface area contributed by atoms with E-state index in [1.54, 1.807) is 0 Å². The minimum Gasteiger partial charge on any atom is -0.388 e. The fourth-order valence-electron chi connectivity index (χ4n) is 2.60. The molecule has 0 fully saturated rings. The predicted molar refractivity (Wildman–Crippen MR) is 98.3 cm³/mol. The maximum absolute atomic E-state index is 5.93. The van der Waals surface area contributed by atoms with Crippen molar-refractivity contribution in [1.82, 2.24) is 0 Å². The van der Waals surface area contributed by atoms with Gasteiger partial charge in [0.2, 0.25) is 0 Å². The van der Waals surface area contributed by atoms with Crippen molar-refractivity contribution in [2.75, 3.05) is 30.4 Å². The first-order valence-electron chi connectivity index (χ1n) is 8.00. The largest absolute Gasteiger partial charge is 0.388 e. The lowest BCUT2D eigenvalue weighted by atomic mass is 10.1. The summed E-state index contributed by atoms with van der Waals surface area (Å²) in [6.07, 6.45) is 3.40. The van der Waals surface area contributed by atoms with Crippen LogP contribution in [0.15, 0.2) is 48.5 Å².